The van der Waals surface area contributed by atoms with Gasteiger partial charge in [0.15, 0.2) is 0 Å². The molecule has 0 spiro atoms. The number of anilines is 1. The van der Waals surface area contributed by atoms with Crippen molar-refractivity contribution in [3.8, 4) is 17.0 Å². The van der Waals surface area contributed by atoms with E-state index in [4.69, 9.17) is 14.2 Å². The van der Waals surface area contributed by atoms with Crippen molar-refractivity contribution in [2.24, 2.45) is 7.05 Å². The van der Waals surface area contributed by atoms with E-state index in [9.17, 15) is 4.79 Å². The summed E-state index contributed by atoms with van der Waals surface area (Å²) in [6.45, 7) is 11.0. The van der Waals surface area contributed by atoms with Crippen molar-refractivity contribution in [2.45, 2.75) is 46.0 Å². The summed E-state index contributed by atoms with van der Waals surface area (Å²) in [5.74, 6) is 0.746. The molecule has 3 rings (SSSR count). The first kappa shape index (κ1) is 22.1. The van der Waals surface area contributed by atoms with Crippen molar-refractivity contribution in [2.75, 3.05) is 31.6 Å². The zero-order valence-corrected chi connectivity index (χ0v) is 18.4. The monoisotopic (exact) mass is 416 g/mol. The quantitative estimate of drug-likeness (QED) is 0.744. The van der Waals surface area contributed by atoms with Crippen LogP contribution in [0, 0.1) is 0 Å². The summed E-state index contributed by atoms with van der Waals surface area (Å²) in [6.07, 6.45) is 1.53. The van der Waals surface area contributed by atoms with Gasteiger partial charge in [-0.1, -0.05) is 0 Å². The standard InChI is InChI=1S/C22H32N4O4/c1-15(2)29-22(27)24-18-6-7-21(19(12-18)20-8-9-23-25(20)5)28-11-10-26-13-16(3)30-17(4)14-26/h6-9,12,15-17H,10-11,13-14H2,1-5H3,(H,24,27)/t16-,17+. The highest BCUT2D eigenvalue weighted by Gasteiger charge is 2.22. The molecule has 0 unspecified atom stereocenters. The number of hydrogen-bond donors (Lipinski definition) is 1. The lowest BCUT2D eigenvalue weighted by Crippen LogP contribution is -2.46. The fraction of sp³-hybridized carbons (Fsp3) is 0.545. The highest BCUT2D eigenvalue weighted by molar-refractivity contribution is 5.86. The molecule has 0 bridgehead atoms. The molecule has 1 aliphatic rings. The lowest BCUT2D eigenvalue weighted by molar-refractivity contribution is -0.0699. The minimum absolute atomic E-state index is 0.185. The molecule has 1 aliphatic heterocycles. The lowest BCUT2D eigenvalue weighted by atomic mass is 10.1. The minimum atomic E-state index is -0.481. The first-order chi connectivity index (χ1) is 14.3. The van der Waals surface area contributed by atoms with Gasteiger partial charge in [0.05, 0.1) is 24.0 Å². The van der Waals surface area contributed by atoms with E-state index in [1.54, 1.807) is 10.9 Å². The molecule has 1 aromatic heterocycles. The van der Waals surface area contributed by atoms with E-state index in [2.05, 4.69) is 29.2 Å². The zero-order chi connectivity index (χ0) is 21.7. The van der Waals surface area contributed by atoms with Crippen LogP contribution in [0.2, 0.25) is 0 Å². The molecule has 1 aromatic carbocycles. The number of carbonyl (C=O) groups excluding carboxylic acids is 1. The molecule has 0 radical (unpaired) electrons. The molecule has 1 fully saturated rings. The topological polar surface area (TPSA) is 77.8 Å². The number of morpholine rings is 1. The Morgan fingerprint density at radius 2 is 2.00 bits per heavy atom. The average molecular weight is 417 g/mol. The van der Waals surface area contributed by atoms with Gasteiger partial charge in [-0.25, -0.2) is 4.79 Å². The van der Waals surface area contributed by atoms with Gasteiger partial charge in [0.1, 0.15) is 12.4 Å². The highest BCUT2D eigenvalue weighted by atomic mass is 16.6. The molecule has 30 heavy (non-hydrogen) atoms. The Kier molecular flexibility index (Phi) is 7.33. The third kappa shape index (κ3) is 5.96. The molecule has 8 nitrogen and oxygen atoms in total. The third-order valence-electron chi connectivity index (χ3n) is 4.83. The smallest absolute Gasteiger partial charge is 0.411 e. The van der Waals surface area contributed by atoms with Crippen molar-refractivity contribution >= 4 is 11.8 Å². The molecule has 2 aromatic rings. The fourth-order valence-electron chi connectivity index (χ4n) is 3.68. The number of nitrogens with zero attached hydrogens (tertiary/aromatic N) is 3. The Bertz CT molecular complexity index is 841. The molecule has 1 N–H and O–H groups in total. The number of ether oxygens (including phenoxy) is 3. The van der Waals surface area contributed by atoms with Crippen LogP contribution in [0.15, 0.2) is 30.5 Å². The van der Waals surface area contributed by atoms with Gasteiger partial charge in [-0.15, -0.1) is 0 Å². The Hall–Kier alpha value is -2.58. The lowest BCUT2D eigenvalue weighted by Gasteiger charge is -2.35. The van der Waals surface area contributed by atoms with Crippen molar-refractivity contribution in [3.63, 3.8) is 0 Å². The minimum Gasteiger partial charge on any atom is -0.492 e. The van der Waals surface area contributed by atoms with Crippen molar-refractivity contribution < 1.29 is 19.0 Å². The maximum absolute atomic E-state index is 12.0. The maximum Gasteiger partial charge on any atom is 0.411 e. The second-order valence-electron chi connectivity index (χ2n) is 8.00. The highest BCUT2D eigenvalue weighted by Crippen LogP contribution is 2.32. The Morgan fingerprint density at radius 3 is 2.63 bits per heavy atom. The van der Waals surface area contributed by atoms with Gasteiger partial charge in [-0.05, 0) is 52.0 Å². The van der Waals surface area contributed by atoms with Gasteiger partial charge >= 0.3 is 6.09 Å². The number of rotatable bonds is 7. The summed E-state index contributed by atoms with van der Waals surface area (Å²) in [5, 5.41) is 7.03. The predicted molar refractivity (Wildman–Crippen MR) is 116 cm³/mol. The summed E-state index contributed by atoms with van der Waals surface area (Å²) >= 11 is 0. The Morgan fingerprint density at radius 1 is 1.27 bits per heavy atom. The molecule has 1 amide bonds. The van der Waals surface area contributed by atoms with Crippen LogP contribution in [0.5, 0.6) is 5.75 Å². The number of aromatic nitrogens is 2. The number of amides is 1. The normalized spacial score (nSPS) is 19.7. The van der Waals surface area contributed by atoms with Crippen molar-refractivity contribution in [3.05, 3.63) is 30.5 Å². The Labute approximate surface area is 178 Å². The number of aryl methyl sites for hydroxylation is 1. The van der Waals surface area contributed by atoms with Crippen LogP contribution in [0.3, 0.4) is 0 Å². The second kappa shape index (κ2) is 9.95. The second-order valence-corrected chi connectivity index (χ2v) is 8.00. The number of hydrogen-bond acceptors (Lipinski definition) is 6. The first-order valence-electron chi connectivity index (χ1n) is 10.4. The molecule has 164 valence electrons. The summed E-state index contributed by atoms with van der Waals surface area (Å²) < 4.78 is 18.9. The molecule has 0 saturated carbocycles. The Balaban J connectivity index is 1.71. The maximum atomic E-state index is 12.0. The van der Waals surface area contributed by atoms with E-state index in [0.717, 1.165) is 36.6 Å². The van der Waals surface area contributed by atoms with Gasteiger partial charge in [0.25, 0.3) is 0 Å². The van der Waals surface area contributed by atoms with Gasteiger partial charge in [0.2, 0.25) is 0 Å². The van der Waals surface area contributed by atoms with E-state index >= 15 is 0 Å². The molecular formula is C22H32N4O4. The van der Waals surface area contributed by atoms with E-state index in [1.807, 2.05) is 45.2 Å². The molecule has 2 heterocycles. The van der Waals surface area contributed by atoms with Crippen LogP contribution in [-0.2, 0) is 16.5 Å². The molecule has 8 heteroatoms. The summed E-state index contributed by atoms with van der Waals surface area (Å²) in [5.41, 5.74) is 2.40. The zero-order valence-electron chi connectivity index (χ0n) is 18.4. The van der Waals surface area contributed by atoms with Crippen molar-refractivity contribution in [1.29, 1.82) is 0 Å². The molecular weight excluding hydrogens is 384 g/mol. The van der Waals surface area contributed by atoms with E-state index in [0.29, 0.717) is 12.3 Å². The van der Waals surface area contributed by atoms with Crippen LogP contribution in [0.1, 0.15) is 27.7 Å². The van der Waals surface area contributed by atoms with Crippen LogP contribution >= 0.6 is 0 Å². The largest absolute Gasteiger partial charge is 0.492 e. The van der Waals surface area contributed by atoms with E-state index < -0.39 is 6.09 Å². The summed E-state index contributed by atoms with van der Waals surface area (Å²) in [7, 11) is 1.88. The third-order valence-corrected chi connectivity index (χ3v) is 4.83. The summed E-state index contributed by atoms with van der Waals surface area (Å²) in [6, 6.07) is 7.49. The van der Waals surface area contributed by atoms with Gasteiger partial charge in [-0.2, -0.15) is 5.10 Å². The predicted octanol–water partition coefficient (Wildman–Crippen LogP) is 3.53. The first-order valence-corrected chi connectivity index (χ1v) is 10.4. The van der Waals surface area contributed by atoms with Crippen LogP contribution in [0.25, 0.3) is 11.3 Å². The average Bonchev–Trinajstić information content (AvgIpc) is 3.07. The van der Waals surface area contributed by atoms with Gasteiger partial charge < -0.3 is 14.2 Å². The SMILES string of the molecule is CC(C)OC(=O)Nc1ccc(OCCN2C[C@@H](C)O[C@@H](C)C2)c(-c2ccnn2C)c1. The molecule has 2 atom stereocenters. The van der Waals surface area contributed by atoms with Crippen LogP contribution < -0.4 is 10.1 Å². The van der Waals surface area contributed by atoms with Gasteiger partial charge in [0, 0.05) is 44.1 Å². The number of benzene rings is 1. The van der Waals surface area contributed by atoms with E-state index in [-0.39, 0.29) is 18.3 Å². The van der Waals surface area contributed by atoms with Crippen LogP contribution in [-0.4, -0.2) is 65.3 Å². The number of nitrogens with one attached hydrogen (secondary N) is 1. The van der Waals surface area contributed by atoms with Crippen molar-refractivity contribution in [1.82, 2.24) is 14.7 Å². The molecule has 0 aliphatic carbocycles. The van der Waals surface area contributed by atoms with Crippen LogP contribution in [0.4, 0.5) is 10.5 Å². The van der Waals surface area contributed by atoms with Gasteiger partial charge in [-0.3, -0.25) is 14.9 Å². The summed E-state index contributed by atoms with van der Waals surface area (Å²) in [4.78, 5) is 14.3. The number of carbonyl (C=O) groups is 1. The van der Waals surface area contributed by atoms with E-state index in [1.165, 1.54) is 0 Å². The molecule has 1 saturated heterocycles. The fourth-order valence-corrected chi connectivity index (χ4v) is 3.68.